The number of hydrogen-bond donors (Lipinski definition) is 1. The summed E-state index contributed by atoms with van der Waals surface area (Å²) < 4.78 is 40.8. The lowest BCUT2D eigenvalue weighted by molar-refractivity contribution is -0.142. The Morgan fingerprint density at radius 1 is 1.42 bits per heavy atom. The van der Waals surface area contributed by atoms with E-state index in [0.717, 1.165) is 10.7 Å². The summed E-state index contributed by atoms with van der Waals surface area (Å²) in [5.41, 5.74) is -0.283. The molecule has 2 aromatic heterocycles. The van der Waals surface area contributed by atoms with Crippen molar-refractivity contribution < 1.29 is 18.0 Å². The zero-order chi connectivity index (χ0) is 18.1. The Labute approximate surface area is 141 Å². The minimum absolute atomic E-state index is 0.0848. The van der Waals surface area contributed by atoms with Gasteiger partial charge in [-0.05, 0) is 26.8 Å². The van der Waals surface area contributed by atoms with Crippen LogP contribution in [0.3, 0.4) is 0 Å². The Morgan fingerprint density at radius 3 is 2.58 bits per heavy atom. The lowest BCUT2D eigenvalue weighted by atomic mass is 10.3. The van der Waals surface area contributed by atoms with Gasteiger partial charge in [-0.3, -0.25) is 14.2 Å². The van der Waals surface area contributed by atoms with Gasteiger partial charge in [0.05, 0.1) is 11.6 Å². The minimum atomic E-state index is -4.55. The number of halogens is 4. The highest BCUT2D eigenvalue weighted by molar-refractivity contribution is 6.31. The average molecular weight is 364 g/mol. The zero-order valence-corrected chi connectivity index (χ0v) is 14.1. The first-order valence-corrected chi connectivity index (χ1v) is 7.64. The van der Waals surface area contributed by atoms with Crippen LogP contribution in [0, 0.1) is 6.92 Å². The highest BCUT2D eigenvalue weighted by atomic mass is 35.5. The molecule has 0 aliphatic heterocycles. The van der Waals surface area contributed by atoms with Gasteiger partial charge in [-0.15, -0.1) is 0 Å². The maximum Gasteiger partial charge on any atom is 0.435 e. The van der Waals surface area contributed by atoms with Gasteiger partial charge in [0.2, 0.25) is 5.91 Å². The second-order valence-corrected chi connectivity index (χ2v) is 5.69. The third-order valence-corrected chi connectivity index (χ3v) is 3.82. The maximum atomic E-state index is 12.7. The van der Waals surface area contributed by atoms with E-state index in [1.165, 1.54) is 13.8 Å². The molecule has 2 rings (SSSR count). The van der Waals surface area contributed by atoms with E-state index >= 15 is 0 Å². The summed E-state index contributed by atoms with van der Waals surface area (Å²) in [6, 6.07) is 0.0111. The molecule has 132 valence electrons. The van der Waals surface area contributed by atoms with Crippen LogP contribution in [0.1, 0.15) is 37.0 Å². The molecule has 2 aromatic rings. The van der Waals surface area contributed by atoms with Gasteiger partial charge in [-0.1, -0.05) is 11.6 Å². The summed E-state index contributed by atoms with van der Waals surface area (Å²) in [6.07, 6.45) is -2.91. The number of rotatable bonds is 5. The molecule has 24 heavy (non-hydrogen) atoms. The highest BCUT2D eigenvalue weighted by Gasteiger charge is 2.35. The van der Waals surface area contributed by atoms with E-state index in [4.69, 9.17) is 11.6 Å². The molecule has 1 unspecified atom stereocenters. The Hall–Kier alpha value is -2.03. The van der Waals surface area contributed by atoms with Crippen molar-refractivity contribution in [3.63, 3.8) is 0 Å². The Balaban J connectivity index is 2.07. The van der Waals surface area contributed by atoms with Crippen molar-refractivity contribution in [3.8, 4) is 0 Å². The summed E-state index contributed by atoms with van der Waals surface area (Å²) in [6.45, 7) is 5.55. The first kappa shape index (κ1) is 18.3. The van der Waals surface area contributed by atoms with E-state index in [1.54, 1.807) is 10.9 Å². The predicted molar refractivity (Wildman–Crippen MR) is 81.4 cm³/mol. The number of hydrogen-bond acceptors (Lipinski definition) is 3. The predicted octanol–water partition coefficient (Wildman–Crippen LogP) is 2.96. The number of carbonyl (C=O) groups is 1. The second-order valence-electron chi connectivity index (χ2n) is 5.29. The largest absolute Gasteiger partial charge is 0.435 e. The van der Waals surface area contributed by atoms with Crippen LogP contribution in [0.5, 0.6) is 0 Å². The lowest BCUT2D eigenvalue weighted by Gasteiger charge is -2.14. The van der Waals surface area contributed by atoms with Crippen LogP contribution in [0.2, 0.25) is 5.02 Å². The standard InChI is InChI=1S/C14H17ClF3N5O/c1-4-22-7-10(15)11(20-22)6-19-13(24)9(3)23-8(2)5-12(21-23)14(16,17)18/h5,7,9H,4,6H2,1-3H3,(H,19,24). The van der Waals surface area contributed by atoms with Crippen LogP contribution < -0.4 is 5.32 Å². The molecule has 2 heterocycles. The molecule has 1 amide bonds. The lowest BCUT2D eigenvalue weighted by Crippen LogP contribution is -2.32. The molecule has 0 radical (unpaired) electrons. The normalized spacial score (nSPS) is 13.1. The molecular weight excluding hydrogens is 347 g/mol. The fourth-order valence-electron chi connectivity index (χ4n) is 2.17. The molecule has 1 atom stereocenters. The molecule has 10 heteroatoms. The third-order valence-electron chi connectivity index (χ3n) is 3.50. The van der Waals surface area contributed by atoms with Gasteiger partial charge >= 0.3 is 6.18 Å². The number of nitrogens with zero attached hydrogens (tertiary/aromatic N) is 4. The highest BCUT2D eigenvalue weighted by Crippen LogP contribution is 2.29. The number of aromatic nitrogens is 4. The number of carbonyl (C=O) groups excluding carboxylic acids is 1. The first-order valence-electron chi connectivity index (χ1n) is 7.26. The van der Waals surface area contributed by atoms with E-state index in [1.807, 2.05) is 6.92 Å². The zero-order valence-electron chi connectivity index (χ0n) is 13.4. The molecule has 6 nitrogen and oxygen atoms in total. The molecule has 0 saturated heterocycles. The van der Waals surface area contributed by atoms with Crippen LogP contribution in [-0.4, -0.2) is 25.5 Å². The van der Waals surface area contributed by atoms with Crippen molar-refractivity contribution in [2.24, 2.45) is 0 Å². The van der Waals surface area contributed by atoms with Gasteiger partial charge in [0.15, 0.2) is 5.69 Å². The quantitative estimate of drug-likeness (QED) is 0.888. The van der Waals surface area contributed by atoms with Crippen molar-refractivity contribution >= 4 is 17.5 Å². The van der Waals surface area contributed by atoms with Crippen LogP contribution in [0.4, 0.5) is 13.2 Å². The average Bonchev–Trinajstić information content (AvgIpc) is 3.06. The monoisotopic (exact) mass is 363 g/mol. The fraction of sp³-hybridized carbons (Fsp3) is 0.500. The summed E-state index contributed by atoms with van der Waals surface area (Å²) >= 11 is 6.01. The molecule has 0 bridgehead atoms. The van der Waals surface area contributed by atoms with Gasteiger partial charge in [-0.25, -0.2) is 0 Å². The van der Waals surface area contributed by atoms with Crippen LogP contribution in [0.15, 0.2) is 12.3 Å². The summed E-state index contributed by atoms with van der Waals surface area (Å²) in [5.74, 6) is -0.475. The summed E-state index contributed by atoms with van der Waals surface area (Å²) in [5, 5.41) is 10.7. The molecule has 0 fully saturated rings. The Kier molecular flexibility index (Phi) is 5.22. The number of alkyl halides is 3. The van der Waals surface area contributed by atoms with E-state index in [2.05, 4.69) is 15.5 Å². The van der Waals surface area contributed by atoms with Crippen molar-refractivity contribution in [1.29, 1.82) is 0 Å². The second kappa shape index (κ2) is 6.84. The van der Waals surface area contributed by atoms with E-state index in [-0.39, 0.29) is 12.2 Å². The van der Waals surface area contributed by atoms with Crippen molar-refractivity contribution in [1.82, 2.24) is 24.9 Å². The van der Waals surface area contributed by atoms with E-state index in [0.29, 0.717) is 17.3 Å². The van der Waals surface area contributed by atoms with E-state index < -0.39 is 23.8 Å². The molecular formula is C14H17ClF3N5O. The van der Waals surface area contributed by atoms with Crippen LogP contribution in [0.25, 0.3) is 0 Å². The first-order chi connectivity index (χ1) is 11.1. The topological polar surface area (TPSA) is 64.7 Å². The molecule has 0 saturated carbocycles. The maximum absolute atomic E-state index is 12.7. The Morgan fingerprint density at radius 2 is 2.08 bits per heavy atom. The van der Waals surface area contributed by atoms with Gasteiger partial charge in [0.25, 0.3) is 0 Å². The third kappa shape index (κ3) is 3.89. The Bertz CT molecular complexity index is 737. The van der Waals surface area contributed by atoms with Crippen molar-refractivity contribution in [2.75, 3.05) is 0 Å². The van der Waals surface area contributed by atoms with Crippen molar-refractivity contribution in [2.45, 2.75) is 46.1 Å². The van der Waals surface area contributed by atoms with Crippen LogP contribution >= 0.6 is 11.6 Å². The van der Waals surface area contributed by atoms with Crippen LogP contribution in [-0.2, 0) is 24.1 Å². The smallest absolute Gasteiger partial charge is 0.348 e. The molecule has 0 spiro atoms. The fourth-order valence-corrected chi connectivity index (χ4v) is 2.38. The SMILES string of the molecule is CCn1cc(Cl)c(CNC(=O)C(C)n2nc(C(F)(F)F)cc2C)n1. The molecule has 0 aromatic carbocycles. The van der Waals surface area contributed by atoms with Gasteiger partial charge in [-0.2, -0.15) is 23.4 Å². The van der Waals surface area contributed by atoms with Gasteiger partial charge < -0.3 is 5.32 Å². The number of aryl methyl sites for hydroxylation is 2. The van der Waals surface area contributed by atoms with Gasteiger partial charge in [0, 0.05) is 18.4 Å². The summed E-state index contributed by atoms with van der Waals surface area (Å²) in [7, 11) is 0. The minimum Gasteiger partial charge on any atom is -0.348 e. The van der Waals surface area contributed by atoms with Gasteiger partial charge in [0.1, 0.15) is 11.7 Å². The van der Waals surface area contributed by atoms with Crippen molar-refractivity contribution in [3.05, 3.63) is 34.4 Å². The molecule has 0 aliphatic carbocycles. The molecule has 1 N–H and O–H groups in total. The summed E-state index contributed by atoms with van der Waals surface area (Å²) in [4.78, 5) is 12.2. The number of nitrogens with one attached hydrogen (secondary N) is 1. The number of amides is 1. The molecule has 0 aliphatic rings. The van der Waals surface area contributed by atoms with E-state index in [9.17, 15) is 18.0 Å².